The molecule has 0 heterocycles. The lowest BCUT2D eigenvalue weighted by molar-refractivity contribution is -0.161. The molecule has 1 unspecified atom stereocenters. The van der Waals surface area contributed by atoms with Crippen LogP contribution in [0.5, 0.6) is 0 Å². The molecule has 346 valence electrons. The molecule has 0 rings (SSSR count). The largest absolute Gasteiger partial charge is 0.462 e. The lowest BCUT2D eigenvalue weighted by Gasteiger charge is -2.15. The van der Waals surface area contributed by atoms with Crippen LogP contribution in [0.3, 0.4) is 0 Å². The first-order valence-corrected chi connectivity index (χ1v) is 24.9. The van der Waals surface area contributed by atoms with E-state index in [0.29, 0.717) is 12.8 Å². The zero-order chi connectivity index (χ0) is 44.2. The van der Waals surface area contributed by atoms with Gasteiger partial charge in [0.1, 0.15) is 6.61 Å². The molecule has 0 saturated heterocycles. The van der Waals surface area contributed by atoms with Gasteiger partial charge >= 0.3 is 11.9 Å². The van der Waals surface area contributed by atoms with Crippen LogP contribution in [0.2, 0.25) is 0 Å². The molecule has 61 heavy (non-hydrogen) atoms. The summed E-state index contributed by atoms with van der Waals surface area (Å²) < 4.78 is 10.6. The molecule has 5 nitrogen and oxygen atoms in total. The van der Waals surface area contributed by atoms with E-state index >= 15 is 0 Å². The van der Waals surface area contributed by atoms with Gasteiger partial charge < -0.3 is 14.6 Å². The van der Waals surface area contributed by atoms with Crippen LogP contribution in [-0.2, 0) is 19.1 Å². The topological polar surface area (TPSA) is 72.8 Å². The van der Waals surface area contributed by atoms with Crippen molar-refractivity contribution in [2.24, 2.45) is 0 Å². The summed E-state index contributed by atoms with van der Waals surface area (Å²) >= 11 is 0. The Morgan fingerprint density at radius 3 is 1.07 bits per heavy atom. The molecule has 0 aromatic rings. The van der Waals surface area contributed by atoms with E-state index in [0.717, 1.165) is 103 Å². The maximum absolute atomic E-state index is 12.3. The van der Waals surface area contributed by atoms with E-state index in [2.05, 4.69) is 123 Å². The number of hydrogen-bond acceptors (Lipinski definition) is 5. The molecular weight excluding hydrogens is 753 g/mol. The number of rotatable bonds is 44. The molecule has 0 aliphatic carbocycles. The number of esters is 2. The Balaban J connectivity index is 3.60. The first kappa shape index (κ1) is 57.6. The normalized spacial score (nSPS) is 13.2. The fraction of sp³-hybridized carbons (Fsp3) is 0.643. The molecule has 0 radical (unpaired) electrons. The molecule has 0 bridgehead atoms. The summed E-state index contributed by atoms with van der Waals surface area (Å²) in [7, 11) is 0. The first-order chi connectivity index (χ1) is 30.1. The van der Waals surface area contributed by atoms with Gasteiger partial charge in [-0.25, -0.2) is 0 Å². The smallest absolute Gasteiger partial charge is 0.306 e. The van der Waals surface area contributed by atoms with Gasteiger partial charge in [0.2, 0.25) is 0 Å². The van der Waals surface area contributed by atoms with Gasteiger partial charge in [0.25, 0.3) is 0 Å². The number of unbranched alkanes of at least 4 members (excludes halogenated alkanes) is 18. The molecule has 1 N–H and O–H groups in total. The fourth-order valence-electron chi connectivity index (χ4n) is 6.56. The van der Waals surface area contributed by atoms with Gasteiger partial charge in [0, 0.05) is 12.8 Å². The van der Waals surface area contributed by atoms with Crippen LogP contribution in [0.15, 0.2) is 109 Å². The molecular formula is C56H92O5. The number of hydrogen-bond donors (Lipinski definition) is 1. The summed E-state index contributed by atoms with van der Waals surface area (Å²) in [4.78, 5) is 24.4. The van der Waals surface area contributed by atoms with Gasteiger partial charge in [-0.1, -0.05) is 207 Å². The van der Waals surface area contributed by atoms with E-state index in [1.165, 1.54) is 83.5 Å². The minimum absolute atomic E-state index is 0.0813. The summed E-state index contributed by atoms with van der Waals surface area (Å²) in [6.45, 7) is 3.98. The minimum atomic E-state index is -0.788. The van der Waals surface area contributed by atoms with E-state index < -0.39 is 6.10 Å². The number of aliphatic hydroxyl groups is 1. The monoisotopic (exact) mass is 845 g/mol. The third-order valence-corrected chi connectivity index (χ3v) is 10.3. The van der Waals surface area contributed by atoms with Crippen LogP contribution < -0.4 is 0 Å². The second-order valence-corrected chi connectivity index (χ2v) is 16.2. The zero-order valence-corrected chi connectivity index (χ0v) is 39.4. The summed E-state index contributed by atoms with van der Waals surface area (Å²) in [6.07, 6.45) is 73.1. The second-order valence-electron chi connectivity index (χ2n) is 16.2. The van der Waals surface area contributed by atoms with Crippen molar-refractivity contribution in [1.29, 1.82) is 0 Å². The quantitative estimate of drug-likeness (QED) is 0.0376. The highest BCUT2D eigenvalue weighted by Gasteiger charge is 2.16. The van der Waals surface area contributed by atoms with Gasteiger partial charge in [0.15, 0.2) is 6.10 Å². The van der Waals surface area contributed by atoms with Crippen molar-refractivity contribution in [3.05, 3.63) is 109 Å². The van der Waals surface area contributed by atoms with Crippen LogP contribution in [0.25, 0.3) is 0 Å². The summed E-state index contributed by atoms with van der Waals surface area (Å²) in [6, 6.07) is 0. The average molecular weight is 845 g/mol. The number of allylic oxidation sites excluding steroid dienone is 18. The van der Waals surface area contributed by atoms with Crippen molar-refractivity contribution >= 4 is 11.9 Å². The maximum atomic E-state index is 12.3. The molecule has 0 spiro atoms. The summed E-state index contributed by atoms with van der Waals surface area (Å²) in [5.41, 5.74) is 0. The van der Waals surface area contributed by atoms with Crippen LogP contribution in [0, 0.1) is 0 Å². The van der Waals surface area contributed by atoms with Crippen molar-refractivity contribution in [1.82, 2.24) is 0 Å². The predicted molar refractivity (Wildman–Crippen MR) is 265 cm³/mol. The highest BCUT2D eigenvalue weighted by Crippen LogP contribution is 2.13. The van der Waals surface area contributed by atoms with Crippen LogP contribution >= 0.6 is 0 Å². The van der Waals surface area contributed by atoms with E-state index in [4.69, 9.17) is 9.47 Å². The molecule has 0 aromatic carbocycles. The van der Waals surface area contributed by atoms with E-state index in [1.807, 2.05) is 0 Å². The number of carbonyl (C=O) groups is 2. The van der Waals surface area contributed by atoms with Crippen molar-refractivity contribution in [3.63, 3.8) is 0 Å². The molecule has 0 aliphatic heterocycles. The molecule has 1 atom stereocenters. The van der Waals surface area contributed by atoms with Gasteiger partial charge in [-0.3, -0.25) is 9.59 Å². The van der Waals surface area contributed by atoms with Crippen molar-refractivity contribution in [2.75, 3.05) is 13.2 Å². The molecule has 0 amide bonds. The van der Waals surface area contributed by atoms with Gasteiger partial charge in [-0.15, -0.1) is 0 Å². The van der Waals surface area contributed by atoms with Gasteiger partial charge in [0.05, 0.1) is 6.61 Å². The highest BCUT2D eigenvalue weighted by atomic mass is 16.6. The second kappa shape index (κ2) is 50.9. The molecule has 0 aliphatic rings. The molecule has 0 saturated carbocycles. The van der Waals surface area contributed by atoms with Gasteiger partial charge in [-0.2, -0.15) is 0 Å². The van der Waals surface area contributed by atoms with Gasteiger partial charge in [-0.05, 0) is 103 Å². The summed E-state index contributed by atoms with van der Waals surface area (Å²) in [5.74, 6) is -0.619. The van der Waals surface area contributed by atoms with Crippen LogP contribution in [0.4, 0.5) is 0 Å². The first-order valence-electron chi connectivity index (χ1n) is 24.9. The van der Waals surface area contributed by atoms with Crippen LogP contribution in [-0.4, -0.2) is 36.4 Å². The van der Waals surface area contributed by atoms with E-state index in [1.54, 1.807) is 0 Å². The van der Waals surface area contributed by atoms with E-state index in [9.17, 15) is 14.7 Å². The Labute approximate surface area is 376 Å². The highest BCUT2D eigenvalue weighted by molar-refractivity contribution is 5.70. The fourth-order valence-corrected chi connectivity index (χ4v) is 6.56. The Morgan fingerprint density at radius 2 is 0.705 bits per heavy atom. The van der Waals surface area contributed by atoms with Crippen molar-refractivity contribution < 1.29 is 24.2 Å². The SMILES string of the molecule is CC/C=C\C/C=C\C/C=C\C/C=C\C/C=C\C/C=C\C/C=C\CCCCCCCCCCCC(=O)OC(CO)COC(=O)CCCCCCC/C=C\C/C=C\CCCCCC. The number of aliphatic hydroxyl groups excluding tert-OH is 1. The van der Waals surface area contributed by atoms with E-state index in [-0.39, 0.29) is 25.2 Å². The van der Waals surface area contributed by atoms with Crippen LogP contribution in [0.1, 0.15) is 213 Å². The van der Waals surface area contributed by atoms with Crippen molar-refractivity contribution in [2.45, 2.75) is 219 Å². The third-order valence-electron chi connectivity index (χ3n) is 10.3. The maximum Gasteiger partial charge on any atom is 0.306 e. The molecule has 0 aromatic heterocycles. The molecule has 5 heteroatoms. The minimum Gasteiger partial charge on any atom is -0.462 e. The Bertz CT molecular complexity index is 1230. The predicted octanol–water partition coefficient (Wildman–Crippen LogP) is 16.6. The number of carbonyl (C=O) groups excluding carboxylic acids is 2. The Kier molecular flexibility index (Phi) is 48.0. The third kappa shape index (κ3) is 49.1. The van der Waals surface area contributed by atoms with Crippen molar-refractivity contribution in [3.8, 4) is 0 Å². The number of ether oxygens (including phenoxy) is 2. The average Bonchev–Trinajstić information content (AvgIpc) is 3.26. The Hall–Kier alpha value is -3.44. The molecule has 0 fully saturated rings. The lowest BCUT2D eigenvalue weighted by atomic mass is 10.1. The zero-order valence-electron chi connectivity index (χ0n) is 39.4. The summed E-state index contributed by atoms with van der Waals surface area (Å²) in [5, 5.41) is 9.61. The standard InChI is InChI=1S/C56H92O5/c1-3-5-7-9-11-13-15-17-19-21-22-23-24-25-26-27-28-29-30-31-32-33-34-35-37-39-41-43-45-47-49-51-56(59)61-54(52-57)53-60-55(58)50-48-46-44-42-40-38-36-20-18-16-14-12-10-8-6-4-2/h5,7,11,13-14,16-17,19-20,22-23,25-26,28-29,31-32,36,54,57H,3-4,6,8-10,12,15,18,21,24,27,30,33-35,37-53H2,1-2H3/b7-5-,13-11-,16-14-,19-17-,23-22-,26-25-,29-28-,32-31-,36-20-. The Morgan fingerprint density at radius 1 is 0.393 bits per heavy atom. The lowest BCUT2D eigenvalue weighted by Crippen LogP contribution is -2.28.